The molecule has 2 aliphatic heterocycles. The highest BCUT2D eigenvalue weighted by Crippen LogP contribution is 2.35. The lowest BCUT2D eigenvalue weighted by atomic mass is 10.1. The predicted molar refractivity (Wildman–Crippen MR) is 154 cm³/mol. The summed E-state index contributed by atoms with van der Waals surface area (Å²) in [4.78, 5) is 16.0. The van der Waals surface area contributed by atoms with Gasteiger partial charge in [0.05, 0.1) is 22.8 Å². The Morgan fingerprint density at radius 2 is 0.784 bits per heavy atom. The van der Waals surface area contributed by atoms with Crippen LogP contribution in [0.5, 0.6) is 0 Å². The lowest BCUT2D eigenvalue weighted by molar-refractivity contribution is 1.26. The second-order valence-corrected chi connectivity index (χ2v) is 9.40. The Morgan fingerprint density at radius 1 is 0.432 bits per heavy atom. The molecule has 176 valence electrons. The molecule has 0 radical (unpaired) electrons. The maximum absolute atomic E-state index is 4.63. The smallest absolute Gasteiger partial charge is 0.0658 e. The molecule has 3 aromatic heterocycles. The molecule has 2 aromatic carbocycles. The maximum atomic E-state index is 4.63. The van der Waals surface area contributed by atoms with Crippen molar-refractivity contribution in [1.82, 2.24) is 19.9 Å². The van der Waals surface area contributed by atoms with E-state index in [4.69, 9.17) is 0 Å². The van der Waals surface area contributed by atoms with E-state index in [0.717, 1.165) is 51.3 Å². The van der Waals surface area contributed by atoms with Crippen molar-refractivity contribution in [3.63, 3.8) is 0 Å². The van der Waals surface area contributed by atoms with Gasteiger partial charge in [0.1, 0.15) is 0 Å². The van der Waals surface area contributed by atoms with Crippen LogP contribution < -0.4 is 0 Å². The zero-order valence-corrected chi connectivity index (χ0v) is 20.1. The van der Waals surface area contributed by atoms with E-state index in [1.165, 1.54) is 22.3 Å². The zero-order valence-electron chi connectivity index (χ0n) is 20.1. The average Bonchev–Trinajstić information content (AvgIpc) is 3.73. The van der Waals surface area contributed by atoms with E-state index < -0.39 is 0 Å². The van der Waals surface area contributed by atoms with Gasteiger partial charge in [-0.2, -0.15) is 0 Å². The summed E-state index contributed by atoms with van der Waals surface area (Å²) in [5.74, 6) is 0. The van der Waals surface area contributed by atoms with Gasteiger partial charge in [-0.15, -0.1) is 0 Å². The first kappa shape index (κ1) is 21.3. The molecular weight excluding hydrogens is 452 g/mol. The van der Waals surface area contributed by atoms with Gasteiger partial charge in [0, 0.05) is 22.1 Å². The highest BCUT2D eigenvalue weighted by atomic mass is 14.8. The summed E-state index contributed by atoms with van der Waals surface area (Å²) in [5.41, 5.74) is 13.6. The van der Waals surface area contributed by atoms with Gasteiger partial charge in [-0.1, -0.05) is 48.5 Å². The lowest BCUT2D eigenvalue weighted by Crippen LogP contribution is -1.77. The molecule has 4 nitrogen and oxygen atoms in total. The molecule has 0 spiro atoms. The van der Waals surface area contributed by atoms with Crippen molar-refractivity contribution in [3.8, 4) is 11.1 Å². The fraction of sp³-hybridized carbons (Fsp3) is 0.0303. The molecule has 8 bridgehead atoms. The molecule has 0 unspecified atom stereocenters. The van der Waals surface area contributed by atoms with Gasteiger partial charge < -0.3 is 9.97 Å². The standard InChI is InChI=1S/C20H14N4.C13H10/c1-2-14-10-16-5-6-18(23-16)12-20-8-7-19(24-20)11-17-4-3-15(22-17)9-13(1)21-14;1-3-7-12-10(5-1)9-11-6-2-4-8-13(11)12/h1-12,21,24H;1-8H,9H2. The van der Waals surface area contributed by atoms with Crippen molar-refractivity contribution < 1.29 is 0 Å². The Labute approximate surface area is 214 Å². The van der Waals surface area contributed by atoms with Gasteiger partial charge in [-0.25, -0.2) is 9.97 Å². The molecule has 8 rings (SSSR count). The molecular formula is C33H24N4. The van der Waals surface area contributed by atoms with Crippen molar-refractivity contribution in [3.05, 3.63) is 131 Å². The summed E-state index contributed by atoms with van der Waals surface area (Å²) >= 11 is 0. The van der Waals surface area contributed by atoms with Crippen LogP contribution in [0.1, 0.15) is 33.9 Å². The van der Waals surface area contributed by atoms with Crippen LogP contribution in [0.25, 0.3) is 57.5 Å². The SMILES string of the molecule is C1=Cc2cc3ccc(cc4nc(cc5ccc(cc1n2)[nH]5)C=C4)[nH]3.c1ccc2c(c1)Cc1ccccc1-2. The minimum absolute atomic E-state index is 0.939. The van der Waals surface area contributed by atoms with Crippen LogP contribution in [0, 0.1) is 0 Å². The summed E-state index contributed by atoms with van der Waals surface area (Å²) < 4.78 is 0. The van der Waals surface area contributed by atoms with E-state index in [1.807, 2.05) is 48.6 Å². The Hall–Kier alpha value is -4.96. The fourth-order valence-corrected chi connectivity index (χ4v) is 5.02. The van der Waals surface area contributed by atoms with Crippen LogP contribution in [0.15, 0.2) is 97.1 Å². The van der Waals surface area contributed by atoms with Crippen LogP contribution >= 0.6 is 0 Å². The van der Waals surface area contributed by atoms with Gasteiger partial charge in [0.25, 0.3) is 0 Å². The highest BCUT2D eigenvalue weighted by molar-refractivity contribution is 5.78. The summed E-state index contributed by atoms with van der Waals surface area (Å²) in [7, 11) is 0. The molecule has 0 amide bonds. The number of nitrogens with one attached hydrogen (secondary N) is 2. The second kappa shape index (κ2) is 8.92. The molecule has 1 aliphatic carbocycles. The van der Waals surface area contributed by atoms with E-state index in [2.05, 4.69) is 92.7 Å². The number of aromatic amines is 2. The van der Waals surface area contributed by atoms with E-state index in [9.17, 15) is 0 Å². The van der Waals surface area contributed by atoms with Crippen molar-refractivity contribution in [2.24, 2.45) is 0 Å². The summed E-state index contributed by atoms with van der Waals surface area (Å²) in [5, 5.41) is 0. The third kappa shape index (κ3) is 4.41. The first-order chi connectivity index (χ1) is 18.2. The van der Waals surface area contributed by atoms with Crippen LogP contribution in [-0.2, 0) is 6.42 Å². The van der Waals surface area contributed by atoms with Gasteiger partial charge in [0.2, 0.25) is 0 Å². The minimum atomic E-state index is 0.939. The number of nitrogens with zero attached hydrogens (tertiary/aromatic N) is 2. The van der Waals surface area contributed by atoms with E-state index in [0.29, 0.717) is 0 Å². The van der Waals surface area contributed by atoms with Gasteiger partial charge in [0.15, 0.2) is 0 Å². The normalized spacial score (nSPS) is 12.5. The maximum Gasteiger partial charge on any atom is 0.0658 e. The number of H-pyrrole nitrogens is 2. The van der Waals surface area contributed by atoms with Gasteiger partial charge in [-0.3, -0.25) is 0 Å². The Kier molecular flexibility index (Phi) is 5.14. The second-order valence-electron chi connectivity index (χ2n) is 9.40. The quantitative estimate of drug-likeness (QED) is 0.234. The topological polar surface area (TPSA) is 57.4 Å². The molecule has 37 heavy (non-hydrogen) atoms. The third-order valence-corrected chi connectivity index (χ3v) is 6.75. The first-order valence-electron chi connectivity index (χ1n) is 12.5. The molecule has 4 heteroatoms. The molecule has 3 aliphatic rings. The van der Waals surface area contributed by atoms with Crippen LogP contribution in [-0.4, -0.2) is 19.9 Å². The van der Waals surface area contributed by atoms with E-state index in [-0.39, 0.29) is 0 Å². The van der Waals surface area contributed by atoms with Crippen molar-refractivity contribution in [2.75, 3.05) is 0 Å². The number of rotatable bonds is 0. The van der Waals surface area contributed by atoms with Gasteiger partial charge in [-0.05, 0) is 102 Å². The molecule has 0 fully saturated rings. The van der Waals surface area contributed by atoms with E-state index >= 15 is 0 Å². The number of hydrogen-bond acceptors (Lipinski definition) is 2. The Morgan fingerprint density at radius 3 is 1.16 bits per heavy atom. The van der Waals surface area contributed by atoms with Crippen LogP contribution in [0.2, 0.25) is 0 Å². The van der Waals surface area contributed by atoms with Crippen molar-refractivity contribution in [1.29, 1.82) is 0 Å². The fourth-order valence-electron chi connectivity index (χ4n) is 5.02. The third-order valence-electron chi connectivity index (χ3n) is 6.75. The summed E-state index contributed by atoms with van der Waals surface area (Å²) in [6.45, 7) is 0. The highest BCUT2D eigenvalue weighted by Gasteiger charge is 2.15. The molecule has 5 aromatic rings. The van der Waals surface area contributed by atoms with Crippen molar-refractivity contribution >= 4 is 46.4 Å². The summed E-state index contributed by atoms with van der Waals surface area (Å²) in [6, 6.07) is 33.7. The molecule has 0 saturated heterocycles. The number of benzene rings is 2. The van der Waals surface area contributed by atoms with E-state index in [1.54, 1.807) is 0 Å². The molecule has 0 atom stereocenters. The Bertz CT molecular complexity index is 1650. The number of hydrogen-bond donors (Lipinski definition) is 2. The zero-order chi connectivity index (χ0) is 24.6. The van der Waals surface area contributed by atoms with Crippen molar-refractivity contribution in [2.45, 2.75) is 6.42 Å². The Balaban J connectivity index is 0.000000149. The van der Waals surface area contributed by atoms with Crippen LogP contribution in [0.4, 0.5) is 0 Å². The molecule has 5 heterocycles. The molecule has 2 N–H and O–H groups in total. The van der Waals surface area contributed by atoms with Gasteiger partial charge >= 0.3 is 0 Å². The monoisotopic (exact) mass is 476 g/mol. The molecule has 0 saturated carbocycles. The largest absolute Gasteiger partial charge is 0.355 e. The minimum Gasteiger partial charge on any atom is -0.355 e. The number of fused-ring (bicyclic) bond motifs is 11. The van der Waals surface area contributed by atoms with Crippen LogP contribution in [0.3, 0.4) is 0 Å². The number of aromatic nitrogens is 4. The summed E-state index contributed by atoms with van der Waals surface area (Å²) in [6.07, 6.45) is 9.19. The predicted octanol–water partition coefficient (Wildman–Crippen LogP) is 7.91. The first-order valence-corrected chi connectivity index (χ1v) is 12.5. The average molecular weight is 477 g/mol. The lowest BCUT2D eigenvalue weighted by Gasteiger charge is -1.98.